The summed E-state index contributed by atoms with van der Waals surface area (Å²) in [5.74, 6) is 0. The van der Waals surface area contributed by atoms with Crippen LogP contribution in [0.2, 0.25) is 18.7 Å². The van der Waals surface area contributed by atoms with Crippen molar-refractivity contribution in [2.24, 2.45) is 0 Å². The Kier molecular flexibility index (Phi) is 7.79. The van der Waals surface area contributed by atoms with Crippen LogP contribution in [0, 0.1) is 0 Å². The molecule has 128 valence electrons. The Morgan fingerprint density at radius 2 is 1.35 bits per heavy atom. The van der Waals surface area contributed by atoms with Gasteiger partial charge in [-0.1, -0.05) is 46.4 Å². The van der Waals surface area contributed by atoms with Gasteiger partial charge in [0.05, 0.1) is 19.3 Å². The van der Waals surface area contributed by atoms with Gasteiger partial charge in [0.2, 0.25) is 0 Å². The van der Waals surface area contributed by atoms with Gasteiger partial charge in [0.15, 0.2) is 0 Å². The van der Waals surface area contributed by atoms with E-state index >= 15 is 0 Å². The standard InChI is InChI=1S/C6H3Cl3O2S.C4HCl3O2S2/c7-5-2-1-4(3-6(5)8)12(9,10)11;5-3-1-2(4(6)10-3)11(7,8)9/h1-3H;1H. The monoisotopic (exact) mass is 494 g/mol. The first-order chi connectivity index (χ1) is 10.3. The average molecular weight is 497 g/mol. The number of rotatable bonds is 2. The molecule has 0 aliphatic rings. The molecule has 23 heavy (non-hydrogen) atoms. The molecule has 0 saturated heterocycles. The van der Waals surface area contributed by atoms with Gasteiger partial charge < -0.3 is 0 Å². The number of thiophene rings is 1. The summed E-state index contributed by atoms with van der Waals surface area (Å²) < 4.78 is 43.3. The lowest BCUT2D eigenvalue weighted by Gasteiger charge is -1.97. The van der Waals surface area contributed by atoms with E-state index in [0.717, 1.165) is 11.3 Å². The van der Waals surface area contributed by atoms with Gasteiger partial charge in [0.1, 0.15) is 9.23 Å². The SMILES string of the molecule is O=S(=O)(Cl)c1cc(Cl)sc1Cl.O=S(=O)(Cl)c1ccc(Cl)c(Cl)c1. The molecule has 2 rings (SSSR count). The van der Waals surface area contributed by atoms with Crippen LogP contribution in [0.3, 0.4) is 0 Å². The third kappa shape index (κ3) is 6.76. The van der Waals surface area contributed by atoms with Crippen LogP contribution in [-0.4, -0.2) is 16.8 Å². The van der Waals surface area contributed by atoms with Gasteiger partial charge in [-0.05, 0) is 24.3 Å². The van der Waals surface area contributed by atoms with Crippen molar-refractivity contribution in [1.29, 1.82) is 0 Å². The van der Waals surface area contributed by atoms with Gasteiger partial charge in [-0.3, -0.25) is 0 Å². The number of hydrogen-bond acceptors (Lipinski definition) is 5. The summed E-state index contributed by atoms with van der Waals surface area (Å²) in [4.78, 5) is -0.186. The van der Waals surface area contributed by atoms with Gasteiger partial charge in [-0.25, -0.2) is 16.8 Å². The van der Waals surface area contributed by atoms with Crippen LogP contribution >= 0.6 is 79.1 Å². The minimum absolute atomic E-state index is 0.0569. The molecule has 0 aliphatic carbocycles. The fourth-order valence-corrected chi connectivity index (χ4v) is 5.50. The fourth-order valence-electron chi connectivity index (χ4n) is 1.12. The molecule has 0 aliphatic heterocycles. The predicted molar refractivity (Wildman–Crippen MR) is 96.9 cm³/mol. The van der Waals surface area contributed by atoms with E-state index < -0.39 is 18.1 Å². The Morgan fingerprint density at radius 1 is 0.783 bits per heavy atom. The molecular formula is C10H4Cl6O4S3. The van der Waals surface area contributed by atoms with Crippen molar-refractivity contribution in [3.8, 4) is 0 Å². The Labute approximate surface area is 165 Å². The molecule has 0 N–H and O–H groups in total. The van der Waals surface area contributed by atoms with Crippen LogP contribution in [-0.2, 0) is 18.1 Å². The predicted octanol–water partition coefficient (Wildman–Crippen LogP) is 5.90. The molecule has 0 spiro atoms. The topological polar surface area (TPSA) is 68.3 Å². The zero-order valence-corrected chi connectivity index (χ0v) is 17.4. The Balaban J connectivity index is 0.000000231. The second-order valence-corrected chi connectivity index (χ2v) is 11.8. The van der Waals surface area contributed by atoms with E-state index in [1.807, 2.05) is 0 Å². The number of halogens is 6. The highest BCUT2D eigenvalue weighted by Gasteiger charge is 2.17. The Hall–Kier alpha value is 0.560. The lowest BCUT2D eigenvalue weighted by Crippen LogP contribution is -1.89. The maximum atomic E-state index is 10.8. The summed E-state index contributed by atoms with van der Waals surface area (Å²) in [7, 11) is 2.61. The first kappa shape index (κ1) is 21.6. The van der Waals surface area contributed by atoms with Crippen molar-refractivity contribution < 1.29 is 16.8 Å². The molecule has 1 aromatic heterocycles. The van der Waals surface area contributed by atoms with E-state index in [1.54, 1.807) is 0 Å². The summed E-state index contributed by atoms with van der Waals surface area (Å²) >= 11 is 23.1. The van der Waals surface area contributed by atoms with Crippen LogP contribution in [0.1, 0.15) is 0 Å². The summed E-state index contributed by atoms with van der Waals surface area (Å²) in [5, 5.41) is 0.458. The van der Waals surface area contributed by atoms with Gasteiger partial charge in [0.25, 0.3) is 18.1 Å². The van der Waals surface area contributed by atoms with E-state index in [2.05, 4.69) is 0 Å². The van der Waals surface area contributed by atoms with E-state index in [-0.39, 0.29) is 19.1 Å². The second-order valence-electron chi connectivity index (χ2n) is 3.64. The Bertz CT molecular complexity index is 920. The highest BCUT2D eigenvalue weighted by atomic mass is 35.7. The molecule has 13 heteroatoms. The molecule has 1 heterocycles. The lowest BCUT2D eigenvalue weighted by molar-refractivity contribution is 0.608. The average Bonchev–Trinajstić information content (AvgIpc) is 2.71. The molecule has 0 atom stereocenters. The summed E-state index contributed by atoms with van der Waals surface area (Å²) in [6, 6.07) is 5.08. The molecule has 0 radical (unpaired) electrons. The Morgan fingerprint density at radius 3 is 1.65 bits per heavy atom. The van der Waals surface area contributed by atoms with Crippen LogP contribution in [0.25, 0.3) is 0 Å². The van der Waals surface area contributed by atoms with Gasteiger partial charge in [-0.15, -0.1) is 11.3 Å². The molecular weight excluding hydrogens is 493 g/mol. The van der Waals surface area contributed by atoms with E-state index in [9.17, 15) is 16.8 Å². The third-order valence-corrected chi connectivity index (χ3v) is 7.23. The molecule has 0 amide bonds. The maximum absolute atomic E-state index is 10.8. The van der Waals surface area contributed by atoms with Crippen molar-refractivity contribution in [1.82, 2.24) is 0 Å². The molecule has 2 aromatic rings. The van der Waals surface area contributed by atoms with Crippen molar-refractivity contribution in [2.45, 2.75) is 9.79 Å². The number of hydrogen-bond donors (Lipinski definition) is 0. The van der Waals surface area contributed by atoms with Gasteiger partial charge >= 0.3 is 0 Å². The smallest absolute Gasteiger partial charge is 0.207 e. The van der Waals surface area contributed by atoms with Gasteiger partial charge in [-0.2, -0.15) is 0 Å². The van der Waals surface area contributed by atoms with E-state index in [4.69, 9.17) is 67.8 Å². The van der Waals surface area contributed by atoms with Crippen LogP contribution in [0.5, 0.6) is 0 Å². The first-order valence-corrected chi connectivity index (χ1v) is 12.1. The zero-order valence-electron chi connectivity index (χ0n) is 10.4. The minimum Gasteiger partial charge on any atom is -0.207 e. The highest BCUT2D eigenvalue weighted by Crippen LogP contribution is 2.35. The van der Waals surface area contributed by atoms with Crippen molar-refractivity contribution in [3.05, 3.63) is 43.0 Å². The molecule has 0 unspecified atom stereocenters. The summed E-state index contributed by atoms with van der Waals surface area (Å²) in [6.07, 6.45) is 0. The van der Waals surface area contributed by atoms with Crippen LogP contribution < -0.4 is 0 Å². The first-order valence-electron chi connectivity index (χ1n) is 5.11. The quantitative estimate of drug-likeness (QED) is 0.485. The highest BCUT2D eigenvalue weighted by molar-refractivity contribution is 8.14. The summed E-state index contributed by atoms with van der Waals surface area (Å²) in [5.41, 5.74) is 0. The molecule has 4 nitrogen and oxygen atoms in total. The van der Waals surface area contributed by atoms with E-state index in [0.29, 0.717) is 9.36 Å². The molecule has 0 saturated carbocycles. The van der Waals surface area contributed by atoms with Gasteiger partial charge in [0, 0.05) is 21.4 Å². The molecule has 1 aromatic carbocycles. The third-order valence-electron chi connectivity index (χ3n) is 2.06. The van der Waals surface area contributed by atoms with Crippen LogP contribution in [0.15, 0.2) is 34.1 Å². The molecule has 0 fully saturated rings. The zero-order chi connectivity index (χ0) is 18.0. The second kappa shape index (κ2) is 8.29. The van der Waals surface area contributed by atoms with E-state index in [1.165, 1.54) is 24.3 Å². The lowest BCUT2D eigenvalue weighted by atomic mass is 10.4. The normalized spacial score (nSPS) is 11.7. The van der Waals surface area contributed by atoms with Crippen molar-refractivity contribution in [2.75, 3.05) is 0 Å². The molecule has 0 bridgehead atoms. The fraction of sp³-hybridized carbons (Fsp3) is 0. The maximum Gasteiger partial charge on any atom is 0.263 e. The summed E-state index contributed by atoms with van der Waals surface area (Å²) in [6.45, 7) is 0. The van der Waals surface area contributed by atoms with Crippen LogP contribution in [0.4, 0.5) is 0 Å². The largest absolute Gasteiger partial charge is 0.263 e. The van der Waals surface area contributed by atoms with Crippen molar-refractivity contribution in [3.63, 3.8) is 0 Å². The number of benzene rings is 1. The van der Waals surface area contributed by atoms with Crippen molar-refractivity contribution >= 4 is 97.2 Å². The minimum atomic E-state index is -3.75.